The average Bonchev–Trinajstić information content (AvgIpc) is 2.65. The molecule has 1 fully saturated rings. The molecule has 18 heavy (non-hydrogen) atoms. The standard InChI is InChI=1S/C10H14ClN3O4/c1-4-3-14(10(17)13-9(4)12)6-2-5(15)7(18-6)8(11)16/h3,5-8,15-16H,2H2,1H3,(H2,12,13,17)/t5-,6+,7-,8?/m0/s1. The van der Waals surface area contributed by atoms with Gasteiger partial charge in [0.15, 0.2) is 5.56 Å². The molecule has 0 bridgehead atoms. The summed E-state index contributed by atoms with van der Waals surface area (Å²) in [5, 5.41) is 18.9. The number of hydrogen-bond donors (Lipinski definition) is 3. The van der Waals surface area contributed by atoms with Gasteiger partial charge in [-0.25, -0.2) is 4.79 Å². The Hall–Kier alpha value is -1.15. The van der Waals surface area contributed by atoms with E-state index in [1.807, 2.05) is 0 Å². The van der Waals surface area contributed by atoms with Crippen molar-refractivity contribution in [1.82, 2.24) is 9.55 Å². The van der Waals surface area contributed by atoms with Gasteiger partial charge in [0, 0.05) is 18.2 Å². The number of aromatic nitrogens is 2. The summed E-state index contributed by atoms with van der Waals surface area (Å²) in [6, 6.07) is 0. The van der Waals surface area contributed by atoms with Crippen LogP contribution in [-0.4, -0.2) is 37.5 Å². The van der Waals surface area contributed by atoms with Crippen LogP contribution in [0.3, 0.4) is 0 Å². The summed E-state index contributed by atoms with van der Waals surface area (Å²) in [4.78, 5) is 15.3. The number of nitrogen functional groups attached to an aromatic ring is 1. The van der Waals surface area contributed by atoms with Crippen LogP contribution in [0, 0.1) is 6.92 Å². The van der Waals surface area contributed by atoms with Crippen LogP contribution in [0.25, 0.3) is 0 Å². The van der Waals surface area contributed by atoms with Crippen LogP contribution in [0.2, 0.25) is 0 Å². The predicted octanol–water partition coefficient (Wildman–Crippen LogP) is -0.660. The van der Waals surface area contributed by atoms with Gasteiger partial charge in [-0.2, -0.15) is 4.98 Å². The Bertz CT molecular complexity index is 504. The fourth-order valence-corrected chi connectivity index (χ4v) is 2.11. The second kappa shape index (κ2) is 4.85. The van der Waals surface area contributed by atoms with E-state index in [1.165, 1.54) is 10.8 Å². The number of aryl methyl sites for hydroxylation is 1. The Morgan fingerprint density at radius 3 is 2.94 bits per heavy atom. The minimum Gasteiger partial charge on any atom is -0.390 e. The molecule has 0 spiro atoms. The molecule has 0 radical (unpaired) electrons. The van der Waals surface area contributed by atoms with Gasteiger partial charge < -0.3 is 20.7 Å². The number of aliphatic hydroxyl groups is 2. The first-order valence-electron chi connectivity index (χ1n) is 5.41. The van der Waals surface area contributed by atoms with Crippen molar-refractivity contribution in [2.75, 3.05) is 5.73 Å². The van der Waals surface area contributed by atoms with E-state index in [0.29, 0.717) is 5.56 Å². The second-order valence-electron chi connectivity index (χ2n) is 4.23. The number of anilines is 1. The number of hydrogen-bond acceptors (Lipinski definition) is 6. The van der Waals surface area contributed by atoms with E-state index in [-0.39, 0.29) is 12.2 Å². The molecule has 1 aromatic heterocycles. The first-order chi connectivity index (χ1) is 8.40. The highest BCUT2D eigenvalue weighted by Gasteiger charge is 2.39. The SMILES string of the molecule is Cc1cn([C@H]2C[C@H](O)[C@@H](C(O)Cl)O2)c(=O)nc1N. The van der Waals surface area contributed by atoms with Gasteiger partial charge in [-0.1, -0.05) is 11.6 Å². The lowest BCUT2D eigenvalue weighted by Gasteiger charge is -2.17. The van der Waals surface area contributed by atoms with E-state index in [0.717, 1.165) is 0 Å². The smallest absolute Gasteiger partial charge is 0.351 e. The molecular weight excluding hydrogens is 262 g/mol. The van der Waals surface area contributed by atoms with Gasteiger partial charge in [0.1, 0.15) is 18.1 Å². The van der Waals surface area contributed by atoms with Gasteiger partial charge in [-0.05, 0) is 6.92 Å². The van der Waals surface area contributed by atoms with Crippen LogP contribution < -0.4 is 11.4 Å². The van der Waals surface area contributed by atoms with Crippen LogP contribution >= 0.6 is 11.6 Å². The average molecular weight is 276 g/mol. The van der Waals surface area contributed by atoms with E-state index in [1.54, 1.807) is 6.92 Å². The van der Waals surface area contributed by atoms with Crippen molar-refractivity contribution < 1.29 is 14.9 Å². The molecule has 1 unspecified atom stereocenters. The summed E-state index contributed by atoms with van der Waals surface area (Å²) < 4.78 is 6.58. The van der Waals surface area contributed by atoms with Crippen LogP contribution in [-0.2, 0) is 4.74 Å². The quantitative estimate of drug-likeness (QED) is 0.618. The van der Waals surface area contributed by atoms with E-state index in [2.05, 4.69) is 4.98 Å². The molecule has 4 atom stereocenters. The minimum atomic E-state index is -1.33. The maximum Gasteiger partial charge on any atom is 0.351 e. The predicted molar refractivity (Wildman–Crippen MR) is 64.0 cm³/mol. The first-order valence-corrected chi connectivity index (χ1v) is 5.84. The molecule has 0 aromatic carbocycles. The fraction of sp³-hybridized carbons (Fsp3) is 0.600. The van der Waals surface area contributed by atoms with Crippen molar-refractivity contribution in [2.45, 2.75) is 37.3 Å². The van der Waals surface area contributed by atoms with Gasteiger partial charge in [-0.3, -0.25) is 4.57 Å². The van der Waals surface area contributed by atoms with E-state index in [9.17, 15) is 15.0 Å². The summed E-state index contributed by atoms with van der Waals surface area (Å²) in [5.41, 5.74) is 4.24. The van der Waals surface area contributed by atoms with Crippen molar-refractivity contribution in [3.8, 4) is 0 Å². The lowest BCUT2D eigenvalue weighted by molar-refractivity contribution is -0.0585. The lowest BCUT2D eigenvalue weighted by Crippen LogP contribution is -2.31. The third kappa shape index (κ3) is 2.35. The zero-order valence-electron chi connectivity index (χ0n) is 9.65. The van der Waals surface area contributed by atoms with Gasteiger partial charge in [0.05, 0.1) is 6.10 Å². The number of halogens is 1. The summed E-state index contributed by atoms with van der Waals surface area (Å²) in [7, 11) is 0. The molecule has 0 aliphatic carbocycles. The van der Waals surface area contributed by atoms with Gasteiger partial charge in [-0.15, -0.1) is 0 Å². The van der Waals surface area contributed by atoms with Gasteiger partial charge in [0.2, 0.25) is 0 Å². The molecule has 1 aliphatic rings. The Morgan fingerprint density at radius 2 is 2.39 bits per heavy atom. The highest BCUT2D eigenvalue weighted by molar-refractivity contribution is 6.19. The monoisotopic (exact) mass is 275 g/mol. The molecule has 100 valence electrons. The Labute approximate surface area is 108 Å². The molecule has 0 saturated carbocycles. The lowest BCUT2D eigenvalue weighted by atomic mass is 10.2. The van der Waals surface area contributed by atoms with Crippen molar-refractivity contribution in [3.05, 3.63) is 22.2 Å². The molecule has 1 saturated heterocycles. The van der Waals surface area contributed by atoms with Gasteiger partial charge >= 0.3 is 5.69 Å². The molecular formula is C10H14ClN3O4. The zero-order valence-corrected chi connectivity index (χ0v) is 10.4. The van der Waals surface area contributed by atoms with Crippen LogP contribution in [0.5, 0.6) is 0 Å². The number of nitrogens with two attached hydrogens (primary N) is 1. The van der Waals surface area contributed by atoms with E-state index < -0.39 is 29.7 Å². The third-order valence-corrected chi connectivity index (χ3v) is 3.14. The highest BCUT2D eigenvalue weighted by Crippen LogP contribution is 2.30. The molecule has 2 heterocycles. The number of rotatable bonds is 2. The third-order valence-electron chi connectivity index (χ3n) is 2.89. The normalized spacial score (nSPS) is 29.4. The molecule has 1 aromatic rings. The van der Waals surface area contributed by atoms with Crippen molar-refractivity contribution in [3.63, 3.8) is 0 Å². The second-order valence-corrected chi connectivity index (χ2v) is 4.68. The maximum absolute atomic E-state index is 11.7. The molecule has 8 heteroatoms. The van der Waals surface area contributed by atoms with E-state index in [4.69, 9.17) is 22.1 Å². The van der Waals surface area contributed by atoms with Crippen molar-refractivity contribution >= 4 is 17.4 Å². The summed E-state index contributed by atoms with van der Waals surface area (Å²) in [6.45, 7) is 1.71. The summed E-state index contributed by atoms with van der Waals surface area (Å²) >= 11 is 5.48. The van der Waals surface area contributed by atoms with Crippen LogP contribution in [0.1, 0.15) is 18.2 Å². The number of ether oxygens (including phenoxy) is 1. The minimum absolute atomic E-state index is 0.152. The molecule has 0 amide bonds. The fourth-order valence-electron chi connectivity index (χ4n) is 1.88. The van der Waals surface area contributed by atoms with Crippen LogP contribution in [0.15, 0.2) is 11.0 Å². The number of nitrogens with zero attached hydrogens (tertiary/aromatic N) is 2. The topological polar surface area (TPSA) is 111 Å². The van der Waals surface area contributed by atoms with E-state index >= 15 is 0 Å². The molecule has 2 rings (SSSR count). The number of alkyl halides is 1. The molecule has 7 nitrogen and oxygen atoms in total. The maximum atomic E-state index is 11.7. The Balaban J connectivity index is 2.29. The molecule has 4 N–H and O–H groups in total. The van der Waals surface area contributed by atoms with Crippen LogP contribution in [0.4, 0.5) is 5.82 Å². The zero-order chi connectivity index (χ0) is 13.4. The largest absolute Gasteiger partial charge is 0.390 e. The van der Waals surface area contributed by atoms with Crippen molar-refractivity contribution in [1.29, 1.82) is 0 Å². The highest BCUT2D eigenvalue weighted by atomic mass is 35.5. The van der Waals surface area contributed by atoms with Gasteiger partial charge in [0.25, 0.3) is 0 Å². The summed E-state index contributed by atoms with van der Waals surface area (Å²) in [5.74, 6) is 0.156. The van der Waals surface area contributed by atoms with Crippen molar-refractivity contribution in [2.24, 2.45) is 0 Å². The Morgan fingerprint density at radius 1 is 1.72 bits per heavy atom. The first kappa shape index (κ1) is 13.3. The Kier molecular flexibility index (Phi) is 3.58. The summed E-state index contributed by atoms with van der Waals surface area (Å²) in [6.07, 6.45) is -0.920. The molecule has 1 aliphatic heterocycles. The number of aliphatic hydroxyl groups excluding tert-OH is 2.